The van der Waals surface area contributed by atoms with Crippen molar-refractivity contribution < 1.29 is 4.74 Å². The zero-order valence-corrected chi connectivity index (χ0v) is 12.7. The van der Waals surface area contributed by atoms with Gasteiger partial charge in [0.25, 0.3) is 0 Å². The van der Waals surface area contributed by atoms with Crippen LogP contribution in [0.4, 0.5) is 11.4 Å². The number of thiocarbonyl (C=S) groups is 1. The quantitative estimate of drug-likeness (QED) is 0.833. The second-order valence-corrected chi connectivity index (χ2v) is 5.21. The first-order chi connectivity index (χ1) is 9.10. The summed E-state index contributed by atoms with van der Waals surface area (Å²) in [6.07, 6.45) is 0. The zero-order chi connectivity index (χ0) is 13.8. The van der Waals surface area contributed by atoms with Crippen LogP contribution in [0.3, 0.4) is 0 Å². The van der Waals surface area contributed by atoms with Crippen molar-refractivity contribution in [1.29, 1.82) is 0 Å². The van der Waals surface area contributed by atoms with E-state index in [0.717, 1.165) is 27.2 Å². The summed E-state index contributed by atoms with van der Waals surface area (Å²) in [5.41, 5.74) is 8.35. The van der Waals surface area contributed by atoms with Gasteiger partial charge in [-0.3, -0.25) is 0 Å². The Kier molecular flexibility index (Phi) is 4.39. The Hall–Kier alpha value is -1.59. The summed E-state index contributed by atoms with van der Waals surface area (Å²) in [5, 5.41) is 3.29. The van der Waals surface area contributed by atoms with Crippen LogP contribution in [-0.2, 0) is 0 Å². The van der Waals surface area contributed by atoms with Gasteiger partial charge >= 0.3 is 0 Å². The molecule has 0 radical (unpaired) electrons. The van der Waals surface area contributed by atoms with E-state index in [-0.39, 0.29) is 0 Å². The molecule has 5 heteroatoms. The average Bonchev–Trinajstić information content (AvgIpc) is 2.39. The second kappa shape index (κ2) is 6.04. The molecule has 0 spiro atoms. The van der Waals surface area contributed by atoms with Crippen LogP contribution in [0.1, 0.15) is 5.56 Å². The van der Waals surface area contributed by atoms with Crippen molar-refractivity contribution in [1.82, 2.24) is 0 Å². The first-order valence-electron chi connectivity index (χ1n) is 5.60. The molecule has 3 N–H and O–H groups in total. The van der Waals surface area contributed by atoms with Crippen molar-refractivity contribution in [2.45, 2.75) is 0 Å². The van der Waals surface area contributed by atoms with E-state index in [9.17, 15) is 0 Å². The number of nitrogens with one attached hydrogen (secondary N) is 1. The summed E-state index contributed by atoms with van der Waals surface area (Å²) in [7, 11) is 1.64. The molecule has 0 unspecified atom stereocenters. The molecular formula is C14H13BrN2OS. The number of halogens is 1. The maximum atomic E-state index is 5.56. The molecule has 2 aromatic carbocycles. The number of benzene rings is 2. The van der Waals surface area contributed by atoms with Gasteiger partial charge in [-0.05, 0) is 58.4 Å². The van der Waals surface area contributed by atoms with Gasteiger partial charge in [0.2, 0.25) is 0 Å². The highest BCUT2D eigenvalue weighted by Crippen LogP contribution is 2.29. The van der Waals surface area contributed by atoms with E-state index >= 15 is 0 Å². The van der Waals surface area contributed by atoms with Crippen LogP contribution in [0.2, 0.25) is 0 Å². The third-order valence-electron chi connectivity index (χ3n) is 2.61. The lowest BCUT2D eigenvalue weighted by Gasteiger charge is -2.09. The minimum absolute atomic E-state index is 0.402. The Bertz CT molecular complexity index is 599. The van der Waals surface area contributed by atoms with Crippen molar-refractivity contribution in [3.8, 4) is 5.75 Å². The van der Waals surface area contributed by atoms with Gasteiger partial charge in [-0.25, -0.2) is 0 Å². The summed E-state index contributed by atoms with van der Waals surface area (Å²) in [6, 6.07) is 13.5. The number of hydrogen-bond donors (Lipinski definition) is 2. The molecule has 0 saturated carbocycles. The summed E-state index contributed by atoms with van der Waals surface area (Å²) in [5.74, 6) is 0.800. The van der Waals surface area contributed by atoms with Gasteiger partial charge in [-0.15, -0.1) is 0 Å². The summed E-state index contributed by atoms with van der Waals surface area (Å²) in [4.78, 5) is 0.402. The maximum Gasteiger partial charge on any atom is 0.133 e. The fraction of sp³-hybridized carbons (Fsp3) is 0.0714. The maximum absolute atomic E-state index is 5.56. The van der Waals surface area contributed by atoms with Gasteiger partial charge in [-0.1, -0.05) is 12.2 Å². The third-order valence-corrected chi connectivity index (χ3v) is 3.47. The molecule has 0 aromatic heterocycles. The van der Waals surface area contributed by atoms with E-state index in [1.165, 1.54) is 0 Å². The fourth-order valence-electron chi connectivity index (χ4n) is 1.63. The highest BCUT2D eigenvalue weighted by atomic mass is 79.9. The molecule has 0 heterocycles. The van der Waals surface area contributed by atoms with E-state index in [2.05, 4.69) is 21.2 Å². The number of methoxy groups -OCH3 is 1. The summed E-state index contributed by atoms with van der Waals surface area (Å²) >= 11 is 8.37. The Balaban J connectivity index is 2.16. The largest absolute Gasteiger partial charge is 0.496 e. The topological polar surface area (TPSA) is 47.3 Å². The molecule has 0 saturated heterocycles. The molecule has 0 amide bonds. The number of hydrogen-bond acceptors (Lipinski definition) is 3. The van der Waals surface area contributed by atoms with Crippen molar-refractivity contribution >= 4 is 44.5 Å². The van der Waals surface area contributed by atoms with E-state index < -0.39 is 0 Å². The Labute approximate surface area is 125 Å². The number of rotatable bonds is 4. The van der Waals surface area contributed by atoms with Crippen molar-refractivity contribution in [3.05, 3.63) is 52.5 Å². The number of anilines is 2. The average molecular weight is 337 g/mol. The lowest BCUT2D eigenvalue weighted by Crippen LogP contribution is -2.08. The van der Waals surface area contributed by atoms with E-state index in [0.29, 0.717) is 4.99 Å². The smallest absolute Gasteiger partial charge is 0.133 e. The predicted molar refractivity (Wildman–Crippen MR) is 86.3 cm³/mol. The molecule has 0 aliphatic carbocycles. The van der Waals surface area contributed by atoms with Crippen LogP contribution in [0.15, 0.2) is 46.9 Å². The van der Waals surface area contributed by atoms with Gasteiger partial charge in [0, 0.05) is 16.9 Å². The molecular weight excluding hydrogens is 324 g/mol. The third kappa shape index (κ3) is 3.45. The Morgan fingerprint density at radius 1 is 1.16 bits per heavy atom. The first kappa shape index (κ1) is 13.8. The normalized spacial score (nSPS) is 10.0. The van der Waals surface area contributed by atoms with Crippen LogP contribution >= 0.6 is 28.1 Å². The highest BCUT2D eigenvalue weighted by molar-refractivity contribution is 9.10. The van der Waals surface area contributed by atoms with Crippen LogP contribution in [0, 0.1) is 0 Å². The van der Waals surface area contributed by atoms with Gasteiger partial charge in [0.15, 0.2) is 0 Å². The fourth-order valence-corrected chi connectivity index (χ4v) is 2.31. The monoisotopic (exact) mass is 336 g/mol. The van der Waals surface area contributed by atoms with Crippen LogP contribution < -0.4 is 15.8 Å². The van der Waals surface area contributed by atoms with Crippen LogP contribution in [0.5, 0.6) is 5.75 Å². The molecule has 19 heavy (non-hydrogen) atoms. The van der Waals surface area contributed by atoms with Gasteiger partial charge in [0.1, 0.15) is 10.7 Å². The summed E-state index contributed by atoms with van der Waals surface area (Å²) in [6.45, 7) is 0. The van der Waals surface area contributed by atoms with Gasteiger partial charge in [0.05, 0.1) is 11.6 Å². The molecule has 0 fully saturated rings. The molecule has 0 bridgehead atoms. The second-order valence-electron chi connectivity index (χ2n) is 3.92. The predicted octanol–water partition coefficient (Wildman–Crippen LogP) is 3.84. The van der Waals surface area contributed by atoms with Gasteiger partial charge in [-0.2, -0.15) is 0 Å². The van der Waals surface area contributed by atoms with Crippen molar-refractivity contribution in [2.75, 3.05) is 12.4 Å². The summed E-state index contributed by atoms with van der Waals surface area (Å²) < 4.78 is 6.09. The SMILES string of the molecule is COc1ccc(Nc2ccc(C(N)=S)cc2)cc1Br. The highest BCUT2D eigenvalue weighted by Gasteiger charge is 2.02. The van der Waals surface area contributed by atoms with Gasteiger partial charge < -0.3 is 15.8 Å². The first-order valence-corrected chi connectivity index (χ1v) is 6.80. The standard InChI is InChI=1S/C14H13BrN2OS/c1-18-13-7-6-11(8-12(13)15)17-10-4-2-9(3-5-10)14(16)19/h2-8,17H,1H3,(H2,16,19). The van der Waals surface area contributed by atoms with Crippen LogP contribution in [-0.4, -0.2) is 12.1 Å². The minimum Gasteiger partial charge on any atom is -0.496 e. The van der Waals surface area contributed by atoms with Crippen LogP contribution in [0.25, 0.3) is 0 Å². The molecule has 0 aliphatic heterocycles. The molecule has 0 aliphatic rings. The number of nitrogens with two attached hydrogens (primary N) is 1. The van der Waals surface area contributed by atoms with Crippen molar-refractivity contribution in [2.24, 2.45) is 5.73 Å². The molecule has 2 rings (SSSR count). The van der Waals surface area contributed by atoms with E-state index in [4.69, 9.17) is 22.7 Å². The molecule has 98 valence electrons. The Morgan fingerprint density at radius 2 is 1.79 bits per heavy atom. The molecule has 0 atom stereocenters. The Morgan fingerprint density at radius 3 is 2.32 bits per heavy atom. The lowest BCUT2D eigenvalue weighted by molar-refractivity contribution is 0.412. The minimum atomic E-state index is 0.402. The van der Waals surface area contributed by atoms with Crippen molar-refractivity contribution in [3.63, 3.8) is 0 Å². The van der Waals surface area contributed by atoms with E-state index in [1.54, 1.807) is 7.11 Å². The lowest BCUT2D eigenvalue weighted by atomic mass is 10.2. The molecule has 2 aromatic rings. The molecule has 3 nitrogen and oxygen atoms in total. The number of ether oxygens (including phenoxy) is 1. The van der Waals surface area contributed by atoms with E-state index in [1.807, 2.05) is 42.5 Å². The zero-order valence-electron chi connectivity index (χ0n) is 10.3.